The third-order valence-electron chi connectivity index (χ3n) is 5.28. The number of nitrogens with one attached hydrogen (secondary N) is 2. The molecular weight excluding hydrogens is 366 g/mol. The van der Waals surface area contributed by atoms with E-state index in [0.29, 0.717) is 32.0 Å². The molecule has 1 aliphatic carbocycles. The average Bonchev–Trinajstić information content (AvgIpc) is 2.69. The Morgan fingerprint density at radius 3 is 2.59 bits per heavy atom. The summed E-state index contributed by atoms with van der Waals surface area (Å²) in [5.41, 5.74) is 0.622. The van der Waals surface area contributed by atoms with Gasteiger partial charge >= 0.3 is 0 Å². The van der Waals surface area contributed by atoms with Crippen molar-refractivity contribution >= 4 is 21.6 Å². The average molecular weight is 396 g/mol. The highest BCUT2D eigenvalue weighted by Gasteiger charge is 2.26. The highest BCUT2D eigenvalue weighted by Crippen LogP contribution is 2.23. The van der Waals surface area contributed by atoms with Gasteiger partial charge in [0.1, 0.15) is 0 Å². The van der Waals surface area contributed by atoms with Crippen molar-refractivity contribution in [2.24, 2.45) is 5.92 Å². The lowest BCUT2D eigenvalue weighted by Gasteiger charge is -2.27. The van der Waals surface area contributed by atoms with Gasteiger partial charge in [0.25, 0.3) is 0 Å². The Bertz CT molecular complexity index is 739. The molecule has 1 saturated carbocycles. The smallest absolute Gasteiger partial charge is 0.243 e. The number of hydrogen-bond donors (Lipinski definition) is 2. The summed E-state index contributed by atoms with van der Waals surface area (Å²) in [6, 6.07) is 6.88. The van der Waals surface area contributed by atoms with E-state index in [2.05, 4.69) is 17.6 Å². The molecule has 2 fully saturated rings. The summed E-state index contributed by atoms with van der Waals surface area (Å²) in [5.74, 6) is 0.684. The van der Waals surface area contributed by atoms with Gasteiger partial charge in [0.15, 0.2) is 0 Å². The zero-order chi connectivity index (χ0) is 19.3. The molecule has 0 aromatic heterocycles. The number of carbonyl (C=O) groups is 1. The maximum atomic E-state index is 12.7. The van der Waals surface area contributed by atoms with Crippen LogP contribution in [0, 0.1) is 5.92 Å². The van der Waals surface area contributed by atoms with Gasteiger partial charge in [-0.2, -0.15) is 4.31 Å². The SMILES string of the molecule is CC1CCC(NC(=O)CNc2cccc(S(=O)(=O)N3CCOCC3)c2)CC1. The third-order valence-corrected chi connectivity index (χ3v) is 7.17. The summed E-state index contributed by atoms with van der Waals surface area (Å²) in [4.78, 5) is 12.4. The van der Waals surface area contributed by atoms with Crippen molar-refractivity contribution in [2.75, 3.05) is 38.2 Å². The van der Waals surface area contributed by atoms with E-state index in [-0.39, 0.29) is 23.4 Å². The number of rotatable bonds is 6. The Kier molecular flexibility index (Phi) is 6.73. The van der Waals surface area contributed by atoms with Crippen molar-refractivity contribution in [3.8, 4) is 0 Å². The molecule has 1 heterocycles. The fraction of sp³-hybridized carbons (Fsp3) is 0.632. The van der Waals surface area contributed by atoms with Crippen LogP contribution in [0.3, 0.4) is 0 Å². The van der Waals surface area contributed by atoms with Crippen LogP contribution in [0.5, 0.6) is 0 Å². The van der Waals surface area contributed by atoms with Crippen molar-refractivity contribution in [1.82, 2.24) is 9.62 Å². The lowest BCUT2D eigenvalue weighted by atomic mass is 9.87. The van der Waals surface area contributed by atoms with E-state index in [1.807, 2.05) is 0 Å². The Labute approximate surface area is 161 Å². The van der Waals surface area contributed by atoms with E-state index in [4.69, 9.17) is 4.74 Å². The van der Waals surface area contributed by atoms with E-state index in [1.165, 1.54) is 4.31 Å². The Hall–Kier alpha value is -1.64. The fourth-order valence-corrected chi connectivity index (χ4v) is 5.02. The Morgan fingerprint density at radius 1 is 1.19 bits per heavy atom. The Morgan fingerprint density at radius 2 is 1.89 bits per heavy atom. The van der Waals surface area contributed by atoms with Crippen LogP contribution in [0.1, 0.15) is 32.6 Å². The number of ether oxygens (including phenoxy) is 1. The van der Waals surface area contributed by atoms with Crippen LogP contribution in [0.2, 0.25) is 0 Å². The molecule has 0 spiro atoms. The number of morpholine rings is 1. The summed E-state index contributed by atoms with van der Waals surface area (Å²) < 4.78 is 32.1. The minimum Gasteiger partial charge on any atom is -0.379 e. The van der Waals surface area contributed by atoms with Crippen LogP contribution < -0.4 is 10.6 Å². The van der Waals surface area contributed by atoms with Gasteiger partial charge < -0.3 is 15.4 Å². The van der Waals surface area contributed by atoms with E-state index < -0.39 is 10.0 Å². The zero-order valence-corrected chi connectivity index (χ0v) is 16.6. The van der Waals surface area contributed by atoms with E-state index in [1.54, 1.807) is 24.3 Å². The minimum absolute atomic E-state index is 0.0593. The van der Waals surface area contributed by atoms with E-state index in [9.17, 15) is 13.2 Å². The maximum absolute atomic E-state index is 12.7. The summed E-state index contributed by atoms with van der Waals surface area (Å²) in [6.07, 6.45) is 4.36. The van der Waals surface area contributed by atoms with Crippen LogP contribution in [-0.4, -0.2) is 57.5 Å². The highest BCUT2D eigenvalue weighted by atomic mass is 32.2. The predicted octanol–water partition coefficient (Wildman–Crippen LogP) is 1.81. The van der Waals surface area contributed by atoms with Gasteiger partial charge in [0.05, 0.1) is 24.7 Å². The molecule has 0 unspecified atom stereocenters. The number of anilines is 1. The third kappa shape index (κ3) is 5.43. The molecule has 3 rings (SSSR count). The fourth-order valence-electron chi connectivity index (χ4n) is 3.57. The molecule has 0 atom stereocenters. The topological polar surface area (TPSA) is 87.7 Å². The monoisotopic (exact) mass is 395 g/mol. The summed E-state index contributed by atoms with van der Waals surface area (Å²) in [5, 5.41) is 6.10. The first kappa shape index (κ1) is 20.1. The number of hydrogen-bond acceptors (Lipinski definition) is 5. The molecule has 1 aromatic carbocycles. The molecular formula is C19H29N3O4S. The quantitative estimate of drug-likeness (QED) is 0.767. The number of sulfonamides is 1. The summed E-state index contributed by atoms with van der Waals surface area (Å²) >= 11 is 0. The number of nitrogens with zero attached hydrogens (tertiary/aromatic N) is 1. The second kappa shape index (κ2) is 9.03. The van der Waals surface area contributed by atoms with Crippen LogP contribution in [0.4, 0.5) is 5.69 Å². The van der Waals surface area contributed by atoms with Crippen LogP contribution in [0.25, 0.3) is 0 Å². The van der Waals surface area contributed by atoms with E-state index in [0.717, 1.165) is 31.6 Å². The molecule has 0 bridgehead atoms. The highest BCUT2D eigenvalue weighted by molar-refractivity contribution is 7.89. The number of amides is 1. The minimum atomic E-state index is -3.54. The second-order valence-corrected chi connectivity index (χ2v) is 9.36. The first-order valence-corrected chi connectivity index (χ1v) is 11.1. The first-order valence-electron chi connectivity index (χ1n) is 9.66. The largest absolute Gasteiger partial charge is 0.379 e. The standard InChI is InChI=1S/C19H29N3O4S/c1-15-5-7-16(8-6-15)21-19(23)14-20-17-3-2-4-18(13-17)27(24,25)22-9-11-26-12-10-22/h2-4,13,15-16,20H,5-12,14H2,1H3,(H,21,23). The van der Waals surface area contributed by atoms with Gasteiger partial charge in [-0.1, -0.05) is 13.0 Å². The van der Waals surface area contributed by atoms with Gasteiger partial charge in [0.2, 0.25) is 15.9 Å². The normalized spacial score (nSPS) is 24.3. The summed E-state index contributed by atoms with van der Waals surface area (Å²) in [6.45, 7) is 3.93. The molecule has 1 aliphatic heterocycles. The van der Waals surface area contributed by atoms with Gasteiger partial charge in [-0.15, -0.1) is 0 Å². The van der Waals surface area contributed by atoms with Crippen molar-refractivity contribution in [1.29, 1.82) is 0 Å². The van der Waals surface area contributed by atoms with Crippen molar-refractivity contribution < 1.29 is 17.9 Å². The van der Waals surface area contributed by atoms with Crippen molar-refractivity contribution in [2.45, 2.75) is 43.5 Å². The van der Waals surface area contributed by atoms with Crippen LogP contribution >= 0.6 is 0 Å². The predicted molar refractivity (Wildman–Crippen MR) is 104 cm³/mol. The molecule has 1 amide bonds. The molecule has 1 aromatic rings. The van der Waals surface area contributed by atoms with Gasteiger partial charge in [-0.05, 0) is 49.8 Å². The zero-order valence-electron chi connectivity index (χ0n) is 15.8. The van der Waals surface area contributed by atoms with Crippen LogP contribution in [-0.2, 0) is 19.6 Å². The lowest BCUT2D eigenvalue weighted by Crippen LogP contribution is -2.40. The molecule has 7 nitrogen and oxygen atoms in total. The van der Waals surface area contributed by atoms with Gasteiger partial charge in [-0.25, -0.2) is 8.42 Å². The molecule has 0 radical (unpaired) electrons. The first-order chi connectivity index (χ1) is 12.9. The van der Waals surface area contributed by atoms with Crippen LogP contribution in [0.15, 0.2) is 29.2 Å². The summed E-state index contributed by atoms with van der Waals surface area (Å²) in [7, 11) is -3.54. The molecule has 150 valence electrons. The van der Waals surface area contributed by atoms with Gasteiger partial charge in [-0.3, -0.25) is 4.79 Å². The van der Waals surface area contributed by atoms with Crippen molar-refractivity contribution in [3.05, 3.63) is 24.3 Å². The molecule has 2 N–H and O–H groups in total. The number of benzene rings is 1. The van der Waals surface area contributed by atoms with Gasteiger partial charge in [0, 0.05) is 24.8 Å². The maximum Gasteiger partial charge on any atom is 0.243 e. The molecule has 1 saturated heterocycles. The second-order valence-electron chi connectivity index (χ2n) is 7.42. The molecule has 27 heavy (non-hydrogen) atoms. The van der Waals surface area contributed by atoms with Crippen molar-refractivity contribution in [3.63, 3.8) is 0 Å². The Balaban J connectivity index is 1.55. The molecule has 8 heteroatoms. The lowest BCUT2D eigenvalue weighted by molar-refractivity contribution is -0.120. The van der Waals surface area contributed by atoms with E-state index >= 15 is 0 Å². The molecule has 2 aliphatic rings. The number of carbonyl (C=O) groups excluding carboxylic acids is 1.